The Hall–Kier alpha value is -3.55. The molecule has 0 aromatic rings. The summed E-state index contributed by atoms with van der Waals surface area (Å²) >= 11 is 0. The summed E-state index contributed by atoms with van der Waals surface area (Å²) in [6.45, 7) is 6.60. The van der Waals surface area contributed by atoms with E-state index in [1.165, 1.54) is 44.9 Å². The summed E-state index contributed by atoms with van der Waals surface area (Å²) in [4.78, 5) is 87.8. The Labute approximate surface area is 253 Å². The lowest BCUT2D eigenvalue weighted by molar-refractivity contribution is -0.140. The van der Waals surface area contributed by atoms with Gasteiger partial charge in [0.25, 0.3) is 0 Å². The smallest absolute Gasteiger partial charge is 0.245 e. The van der Waals surface area contributed by atoms with Crippen molar-refractivity contribution in [2.24, 2.45) is 5.73 Å². The molecule has 6 amide bonds. The van der Waals surface area contributed by atoms with Gasteiger partial charge in [-0.25, -0.2) is 0 Å². The molecule has 1 aliphatic heterocycles. The Morgan fingerprint density at radius 3 is 2.09 bits per heavy atom. The van der Waals surface area contributed by atoms with Crippen LogP contribution < -0.4 is 27.0 Å². The first kappa shape index (κ1) is 37.5. The number of primary amides is 1. The van der Waals surface area contributed by atoms with Crippen molar-refractivity contribution in [2.45, 2.75) is 135 Å². The van der Waals surface area contributed by atoms with Gasteiger partial charge in [0.2, 0.25) is 35.4 Å². The Morgan fingerprint density at radius 2 is 1.51 bits per heavy atom. The summed E-state index contributed by atoms with van der Waals surface area (Å²) < 4.78 is 0. The number of rotatable bonds is 20. The van der Waals surface area contributed by atoms with Crippen molar-refractivity contribution in [3.63, 3.8) is 0 Å². The van der Waals surface area contributed by atoms with E-state index in [1.807, 2.05) is 0 Å². The SMILES string of the molecule is CCCCCCCCCC(=O)N1CCC[C@H]1C(=O)N[C@H](C(=O)N[C@@H](C)C(=O)N[C@@H](CC(N)=O)C(=O)N[C@@H](C)C=O)[C@@H](C)O. The summed E-state index contributed by atoms with van der Waals surface area (Å²) in [5, 5.41) is 19.8. The van der Waals surface area contributed by atoms with E-state index in [0.717, 1.165) is 25.7 Å². The molecular formula is C29H50N6O8. The molecule has 1 aliphatic rings. The van der Waals surface area contributed by atoms with Crippen molar-refractivity contribution >= 4 is 41.7 Å². The van der Waals surface area contributed by atoms with Crippen molar-refractivity contribution in [3.8, 4) is 0 Å². The number of hydrogen-bond acceptors (Lipinski definition) is 8. The van der Waals surface area contributed by atoms with Crippen molar-refractivity contribution in [1.82, 2.24) is 26.2 Å². The third kappa shape index (κ3) is 13.5. The molecule has 0 spiro atoms. The second-order valence-electron chi connectivity index (χ2n) is 11.2. The number of nitrogens with two attached hydrogens (primary N) is 1. The lowest BCUT2D eigenvalue weighted by atomic mass is 10.1. The molecule has 1 rings (SSSR count). The standard InChI is InChI=1S/C29H50N6O8/c1-5-6-7-8-9-10-11-14-24(39)35-15-12-13-22(35)28(42)34-25(20(4)37)29(43)32-19(3)26(40)33-21(16-23(30)38)27(41)31-18(2)17-36/h17-22,25,37H,5-16H2,1-4H3,(H2,30,38)(H,31,41)(H,32,43)(H,33,40)(H,34,42)/t18-,19-,20+,21-,22-,25-/m0/s1. The van der Waals surface area contributed by atoms with Gasteiger partial charge in [-0.1, -0.05) is 45.4 Å². The van der Waals surface area contributed by atoms with Gasteiger partial charge in [0.1, 0.15) is 30.5 Å². The number of nitrogens with one attached hydrogen (secondary N) is 4. The Bertz CT molecular complexity index is 975. The lowest BCUT2D eigenvalue weighted by Gasteiger charge is -2.28. The van der Waals surface area contributed by atoms with E-state index < -0.39 is 72.3 Å². The van der Waals surface area contributed by atoms with E-state index in [0.29, 0.717) is 32.1 Å². The molecule has 14 heteroatoms. The summed E-state index contributed by atoms with van der Waals surface area (Å²) in [5.74, 6) is -4.10. The molecule has 1 fully saturated rings. The molecule has 1 heterocycles. The zero-order valence-electron chi connectivity index (χ0n) is 25.9. The molecule has 14 nitrogen and oxygen atoms in total. The minimum absolute atomic E-state index is 0.119. The molecule has 1 saturated heterocycles. The summed E-state index contributed by atoms with van der Waals surface area (Å²) in [6.07, 6.45) is 7.44. The number of aliphatic hydroxyl groups excluding tert-OH is 1. The highest BCUT2D eigenvalue weighted by molar-refractivity contribution is 5.97. The summed E-state index contributed by atoms with van der Waals surface area (Å²) in [7, 11) is 0. The third-order valence-corrected chi connectivity index (χ3v) is 7.30. The minimum Gasteiger partial charge on any atom is -0.391 e. The normalized spacial score (nSPS) is 18.0. The van der Waals surface area contributed by atoms with Gasteiger partial charge in [-0.15, -0.1) is 0 Å². The van der Waals surface area contributed by atoms with Crippen LogP contribution in [0.15, 0.2) is 0 Å². The van der Waals surface area contributed by atoms with E-state index >= 15 is 0 Å². The van der Waals surface area contributed by atoms with Crippen LogP contribution in [0.1, 0.15) is 98.3 Å². The highest BCUT2D eigenvalue weighted by atomic mass is 16.3. The number of aliphatic hydroxyl groups is 1. The van der Waals surface area contributed by atoms with Gasteiger partial charge in [-0.05, 0) is 40.0 Å². The Morgan fingerprint density at radius 1 is 0.884 bits per heavy atom. The Kier molecular flexibility index (Phi) is 17.1. The van der Waals surface area contributed by atoms with Crippen molar-refractivity contribution < 1.29 is 38.7 Å². The predicted octanol–water partition coefficient (Wildman–Crippen LogP) is -0.448. The van der Waals surface area contributed by atoms with Gasteiger partial charge in [0, 0.05) is 13.0 Å². The highest BCUT2D eigenvalue weighted by Gasteiger charge is 2.37. The van der Waals surface area contributed by atoms with E-state index in [4.69, 9.17) is 5.73 Å². The molecule has 0 radical (unpaired) electrons. The first-order valence-electron chi connectivity index (χ1n) is 15.2. The number of carbonyl (C=O) groups is 7. The highest BCUT2D eigenvalue weighted by Crippen LogP contribution is 2.20. The van der Waals surface area contributed by atoms with Crippen LogP contribution in [0.4, 0.5) is 0 Å². The average Bonchev–Trinajstić information content (AvgIpc) is 3.44. The number of carbonyl (C=O) groups excluding carboxylic acids is 7. The molecule has 6 atom stereocenters. The first-order chi connectivity index (χ1) is 20.3. The summed E-state index contributed by atoms with van der Waals surface area (Å²) in [6, 6.07) is -5.72. The van der Waals surface area contributed by atoms with Crippen LogP contribution >= 0.6 is 0 Å². The largest absolute Gasteiger partial charge is 0.391 e. The molecule has 244 valence electrons. The van der Waals surface area contributed by atoms with Gasteiger partial charge in [-0.2, -0.15) is 0 Å². The fourth-order valence-electron chi connectivity index (χ4n) is 4.80. The summed E-state index contributed by atoms with van der Waals surface area (Å²) in [5.41, 5.74) is 5.18. The maximum atomic E-state index is 13.1. The van der Waals surface area contributed by atoms with Crippen LogP contribution in [-0.2, 0) is 33.6 Å². The second kappa shape index (κ2) is 19.6. The van der Waals surface area contributed by atoms with Crippen molar-refractivity contribution in [3.05, 3.63) is 0 Å². The van der Waals surface area contributed by atoms with E-state index in [1.54, 1.807) is 0 Å². The molecule has 0 aromatic heterocycles. The van der Waals surface area contributed by atoms with E-state index in [9.17, 15) is 38.7 Å². The predicted molar refractivity (Wildman–Crippen MR) is 158 cm³/mol. The van der Waals surface area contributed by atoms with Crippen LogP contribution in [0.25, 0.3) is 0 Å². The quantitative estimate of drug-likeness (QED) is 0.0782. The maximum absolute atomic E-state index is 13.1. The van der Waals surface area contributed by atoms with Crippen LogP contribution in [0, 0.1) is 0 Å². The number of likely N-dealkylation sites (tertiary alicyclic amines) is 1. The minimum atomic E-state index is -1.43. The lowest BCUT2D eigenvalue weighted by Crippen LogP contribution is -2.60. The van der Waals surface area contributed by atoms with Crippen LogP contribution in [0.3, 0.4) is 0 Å². The van der Waals surface area contributed by atoms with Gasteiger partial charge in [-0.3, -0.25) is 28.8 Å². The van der Waals surface area contributed by atoms with Gasteiger partial charge in [0.15, 0.2) is 0 Å². The van der Waals surface area contributed by atoms with Gasteiger partial charge < -0.3 is 41.8 Å². The third-order valence-electron chi connectivity index (χ3n) is 7.30. The van der Waals surface area contributed by atoms with E-state index in [2.05, 4.69) is 28.2 Å². The molecule has 0 unspecified atom stereocenters. The zero-order valence-corrected chi connectivity index (χ0v) is 25.9. The molecule has 0 aromatic carbocycles. The van der Waals surface area contributed by atoms with Crippen LogP contribution in [0.5, 0.6) is 0 Å². The van der Waals surface area contributed by atoms with Gasteiger partial charge in [0.05, 0.1) is 18.6 Å². The molecule has 0 aliphatic carbocycles. The molecule has 7 N–H and O–H groups in total. The van der Waals surface area contributed by atoms with Crippen molar-refractivity contribution in [1.29, 1.82) is 0 Å². The second-order valence-corrected chi connectivity index (χ2v) is 11.2. The number of amides is 6. The average molecular weight is 611 g/mol. The molecular weight excluding hydrogens is 560 g/mol. The number of nitrogens with zero attached hydrogens (tertiary/aromatic N) is 1. The number of hydrogen-bond donors (Lipinski definition) is 6. The monoisotopic (exact) mass is 610 g/mol. The van der Waals surface area contributed by atoms with Crippen molar-refractivity contribution in [2.75, 3.05) is 6.54 Å². The first-order valence-corrected chi connectivity index (χ1v) is 15.2. The number of aldehydes is 1. The van der Waals surface area contributed by atoms with Gasteiger partial charge >= 0.3 is 0 Å². The van der Waals surface area contributed by atoms with E-state index in [-0.39, 0.29) is 5.91 Å². The van der Waals surface area contributed by atoms with Crippen LogP contribution in [0.2, 0.25) is 0 Å². The fourth-order valence-corrected chi connectivity index (χ4v) is 4.80. The zero-order chi connectivity index (χ0) is 32.5. The Balaban J connectivity index is 2.74. The molecule has 43 heavy (non-hydrogen) atoms. The van der Waals surface area contributed by atoms with Crippen LogP contribution in [-0.4, -0.2) is 94.6 Å². The molecule has 0 bridgehead atoms. The topological polar surface area (TPSA) is 217 Å². The maximum Gasteiger partial charge on any atom is 0.245 e. The molecule has 0 saturated carbocycles. The number of unbranched alkanes of at least 4 members (excludes halogenated alkanes) is 6. The fraction of sp³-hybridized carbons (Fsp3) is 0.759.